The Morgan fingerprint density at radius 1 is 0.952 bits per heavy atom. The van der Waals surface area contributed by atoms with Gasteiger partial charge < -0.3 is 14.9 Å². The molecule has 0 bridgehead atoms. The van der Waals surface area contributed by atoms with E-state index in [4.69, 9.17) is 0 Å². The van der Waals surface area contributed by atoms with Gasteiger partial charge in [-0.15, -0.1) is 0 Å². The lowest BCUT2D eigenvalue weighted by molar-refractivity contribution is 0.0805. The van der Waals surface area contributed by atoms with Crippen molar-refractivity contribution in [3.05, 3.63) is 29.8 Å². The molecule has 2 heterocycles. The second kappa shape index (κ2) is 6.77. The van der Waals surface area contributed by atoms with Crippen LogP contribution in [0.15, 0.2) is 24.3 Å². The highest BCUT2D eigenvalue weighted by molar-refractivity contribution is 5.48. The third-order valence-corrected chi connectivity index (χ3v) is 4.78. The van der Waals surface area contributed by atoms with Crippen molar-refractivity contribution < 1.29 is 5.11 Å². The molecule has 0 aliphatic carbocycles. The molecule has 0 aromatic heterocycles. The quantitative estimate of drug-likeness (QED) is 0.911. The monoisotopic (exact) mass is 289 g/mol. The van der Waals surface area contributed by atoms with Gasteiger partial charge in [0.05, 0.1) is 6.10 Å². The summed E-state index contributed by atoms with van der Waals surface area (Å²) in [5.74, 6) is 0. The summed E-state index contributed by atoms with van der Waals surface area (Å²) in [6.07, 6.45) is 2.22. The molecule has 4 heteroatoms. The van der Waals surface area contributed by atoms with Gasteiger partial charge >= 0.3 is 0 Å². The lowest BCUT2D eigenvalue weighted by Gasteiger charge is -2.33. The van der Waals surface area contributed by atoms with Crippen LogP contribution in [0.5, 0.6) is 0 Å². The highest BCUT2D eigenvalue weighted by Crippen LogP contribution is 2.23. The second-order valence-corrected chi connectivity index (χ2v) is 6.41. The van der Waals surface area contributed by atoms with Crippen molar-refractivity contribution in [2.75, 3.05) is 57.8 Å². The van der Waals surface area contributed by atoms with Crippen molar-refractivity contribution in [1.29, 1.82) is 0 Å². The van der Waals surface area contributed by atoms with Gasteiger partial charge in [0, 0.05) is 51.5 Å². The van der Waals surface area contributed by atoms with Crippen LogP contribution in [0.1, 0.15) is 24.5 Å². The predicted molar refractivity (Wildman–Crippen MR) is 86.8 cm³/mol. The molecule has 0 amide bonds. The molecular formula is C17H27N3O. The van der Waals surface area contributed by atoms with Crippen LogP contribution in [0.3, 0.4) is 0 Å². The zero-order valence-electron chi connectivity index (χ0n) is 13.0. The zero-order valence-corrected chi connectivity index (χ0v) is 13.0. The lowest BCUT2D eigenvalue weighted by atomic mass is 10.1. The molecule has 0 spiro atoms. The second-order valence-electron chi connectivity index (χ2n) is 6.41. The van der Waals surface area contributed by atoms with Gasteiger partial charge in [-0.25, -0.2) is 0 Å². The first-order valence-electron chi connectivity index (χ1n) is 8.16. The SMILES string of the molecule is CN1CCN(CC(O)c2ccc(N3CCCC3)cc2)CC1. The number of aliphatic hydroxyl groups is 1. The summed E-state index contributed by atoms with van der Waals surface area (Å²) < 4.78 is 0. The van der Waals surface area contributed by atoms with Crippen LogP contribution in [0.25, 0.3) is 0 Å². The van der Waals surface area contributed by atoms with Crippen molar-refractivity contribution >= 4 is 5.69 Å². The van der Waals surface area contributed by atoms with E-state index in [1.165, 1.54) is 31.6 Å². The van der Waals surface area contributed by atoms with Crippen LogP contribution >= 0.6 is 0 Å². The van der Waals surface area contributed by atoms with E-state index in [1.54, 1.807) is 0 Å². The summed E-state index contributed by atoms with van der Waals surface area (Å²) in [6, 6.07) is 8.50. The Balaban J connectivity index is 1.55. The van der Waals surface area contributed by atoms with Gasteiger partial charge in [-0.1, -0.05) is 12.1 Å². The molecule has 2 aliphatic heterocycles. The molecule has 1 N–H and O–H groups in total. The van der Waals surface area contributed by atoms with Gasteiger partial charge in [-0.05, 0) is 37.6 Å². The molecule has 1 aromatic rings. The van der Waals surface area contributed by atoms with Gasteiger partial charge in [0.25, 0.3) is 0 Å². The fraction of sp³-hybridized carbons (Fsp3) is 0.647. The normalized spacial score (nSPS) is 22.7. The molecule has 2 fully saturated rings. The van der Waals surface area contributed by atoms with E-state index in [0.29, 0.717) is 0 Å². The number of hydrogen-bond donors (Lipinski definition) is 1. The van der Waals surface area contributed by atoms with Gasteiger partial charge in [0.15, 0.2) is 0 Å². The molecule has 1 atom stereocenters. The maximum atomic E-state index is 10.4. The van der Waals surface area contributed by atoms with Crippen LogP contribution in [-0.2, 0) is 0 Å². The predicted octanol–water partition coefficient (Wildman–Crippen LogP) is 1.57. The van der Waals surface area contributed by atoms with Crippen molar-refractivity contribution in [1.82, 2.24) is 9.80 Å². The minimum Gasteiger partial charge on any atom is -0.387 e. The largest absolute Gasteiger partial charge is 0.387 e. The highest BCUT2D eigenvalue weighted by Gasteiger charge is 2.18. The number of aliphatic hydroxyl groups excluding tert-OH is 1. The van der Waals surface area contributed by atoms with Crippen LogP contribution in [0, 0.1) is 0 Å². The van der Waals surface area contributed by atoms with E-state index >= 15 is 0 Å². The topological polar surface area (TPSA) is 30.0 Å². The van der Waals surface area contributed by atoms with E-state index in [0.717, 1.165) is 38.3 Å². The third kappa shape index (κ3) is 3.76. The minimum atomic E-state index is -0.374. The summed E-state index contributed by atoms with van der Waals surface area (Å²) in [5.41, 5.74) is 2.33. The number of piperazine rings is 1. The Morgan fingerprint density at radius 2 is 1.57 bits per heavy atom. The number of likely N-dealkylation sites (N-methyl/N-ethyl adjacent to an activating group) is 1. The number of anilines is 1. The number of β-amino-alcohol motifs (C(OH)–C–C–N with tert-alkyl or cyclic N) is 1. The summed E-state index contributed by atoms with van der Waals surface area (Å²) >= 11 is 0. The molecular weight excluding hydrogens is 262 g/mol. The van der Waals surface area contributed by atoms with Gasteiger partial charge in [-0.3, -0.25) is 4.90 Å². The molecule has 1 unspecified atom stereocenters. The van der Waals surface area contributed by atoms with Crippen molar-refractivity contribution in [3.8, 4) is 0 Å². The molecule has 1 aromatic carbocycles. The summed E-state index contributed by atoms with van der Waals surface area (Å²) in [5, 5.41) is 10.4. The first-order valence-corrected chi connectivity index (χ1v) is 8.16. The Labute approximate surface area is 128 Å². The number of nitrogens with zero attached hydrogens (tertiary/aromatic N) is 3. The molecule has 2 aliphatic rings. The maximum absolute atomic E-state index is 10.4. The average Bonchev–Trinajstić information content (AvgIpc) is 3.04. The Morgan fingerprint density at radius 3 is 2.19 bits per heavy atom. The molecule has 4 nitrogen and oxygen atoms in total. The first-order chi connectivity index (χ1) is 10.2. The van der Waals surface area contributed by atoms with Gasteiger partial charge in [0.1, 0.15) is 0 Å². The molecule has 0 saturated carbocycles. The number of rotatable bonds is 4. The third-order valence-electron chi connectivity index (χ3n) is 4.78. The molecule has 2 saturated heterocycles. The summed E-state index contributed by atoms with van der Waals surface area (Å²) in [6.45, 7) is 7.39. The van der Waals surface area contributed by atoms with Crippen LogP contribution in [0.2, 0.25) is 0 Å². The first kappa shape index (κ1) is 14.8. The van der Waals surface area contributed by atoms with E-state index in [1.807, 2.05) is 0 Å². The highest BCUT2D eigenvalue weighted by atomic mass is 16.3. The van der Waals surface area contributed by atoms with Crippen molar-refractivity contribution in [2.24, 2.45) is 0 Å². The average molecular weight is 289 g/mol. The van der Waals surface area contributed by atoms with Gasteiger partial charge in [0.2, 0.25) is 0 Å². The van der Waals surface area contributed by atoms with Gasteiger partial charge in [-0.2, -0.15) is 0 Å². The van der Waals surface area contributed by atoms with Crippen LogP contribution in [-0.4, -0.2) is 67.8 Å². The molecule has 21 heavy (non-hydrogen) atoms. The van der Waals surface area contributed by atoms with Crippen LogP contribution in [0.4, 0.5) is 5.69 Å². The molecule has 116 valence electrons. The van der Waals surface area contributed by atoms with E-state index < -0.39 is 0 Å². The Kier molecular flexibility index (Phi) is 4.78. The molecule has 3 rings (SSSR count). The maximum Gasteiger partial charge on any atom is 0.0916 e. The summed E-state index contributed by atoms with van der Waals surface area (Å²) in [7, 11) is 2.16. The zero-order chi connectivity index (χ0) is 14.7. The van der Waals surface area contributed by atoms with Crippen molar-refractivity contribution in [2.45, 2.75) is 18.9 Å². The van der Waals surface area contributed by atoms with E-state index in [2.05, 4.69) is 46.0 Å². The number of hydrogen-bond acceptors (Lipinski definition) is 4. The summed E-state index contributed by atoms with van der Waals surface area (Å²) in [4.78, 5) is 7.13. The standard InChI is InChI=1S/C17H27N3O/c1-18-10-12-19(13-11-18)14-17(21)15-4-6-16(7-5-15)20-8-2-3-9-20/h4-7,17,21H,2-3,8-14H2,1H3. The Bertz CT molecular complexity index is 434. The lowest BCUT2D eigenvalue weighted by Crippen LogP contribution is -2.45. The molecule has 0 radical (unpaired) electrons. The smallest absolute Gasteiger partial charge is 0.0916 e. The van der Waals surface area contributed by atoms with Crippen molar-refractivity contribution in [3.63, 3.8) is 0 Å². The fourth-order valence-corrected chi connectivity index (χ4v) is 3.26. The van der Waals surface area contributed by atoms with E-state index in [-0.39, 0.29) is 6.10 Å². The minimum absolute atomic E-state index is 0.374. The number of benzene rings is 1. The Hall–Kier alpha value is -1.10. The van der Waals surface area contributed by atoms with Crippen LogP contribution < -0.4 is 4.90 Å². The fourth-order valence-electron chi connectivity index (χ4n) is 3.26. The van der Waals surface area contributed by atoms with E-state index in [9.17, 15) is 5.11 Å².